The van der Waals surface area contributed by atoms with Crippen molar-refractivity contribution in [2.24, 2.45) is 0 Å². The van der Waals surface area contributed by atoms with Gasteiger partial charge in [0.05, 0.1) is 43.9 Å². The van der Waals surface area contributed by atoms with Gasteiger partial charge in [0, 0.05) is 19.6 Å². The Morgan fingerprint density at radius 3 is 2.27 bits per heavy atom. The van der Waals surface area contributed by atoms with E-state index in [0.29, 0.717) is 32.1 Å². The average molecular weight is 628 g/mol. The molecule has 0 bridgehead atoms. The predicted molar refractivity (Wildman–Crippen MR) is 159 cm³/mol. The molecule has 238 valence electrons. The number of benzene rings is 3. The number of halogens is 3. The molecule has 5 rings (SSSR count). The van der Waals surface area contributed by atoms with Crippen LogP contribution in [0.5, 0.6) is 28.7 Å². The van der Waals surface area contributed by atoms with Crippen molar-refractivity contribution >= 4 is 16.9 Å². The van der Waals surface area contributed by atoms with Crippen molar-refractivity contribution in [1.29, 1.82) is 0 Å². The van der Waals surface area contributed by atoms with Gasteiger partial charge in [0.2, 0.25) is 11.2 Å². The smallest absolute Gasteiger partial charge is 0.453 e. The Kier molecular flexibility index (Phi) is 9.64. The van der Waals surface area contributed by atoms with Crippen LogP contribution in [-0.4, -0.2) is 51.4 Å². The third-order valence-electron chi connectivity index (χ3n) is 7.33. The zero-order chi connectivity index (χ0) is 32.1. The van der Waals surface area contributed by atoms with E-state index in [1.165, 1.54) is 56.7 Å². The van der Waals surface area contributed by atoms with Crippen molar-refractivity contribution in [3.8, 4) is 28.7 Å². The Hall–Kier alpha value is -4.55. The summed E-state index contributed by atoms with van der Waals surface area (Å²) in [7, 11) is 2.86. The van der Waals surface area contributed by atoms with Gasteiger partial charge in [-0.25, -0.2) is 4.79 Å². The number of methoxy groups -OCH3 is 2. The first-order chi connectivity index (χ1) is 21.6. The van der Waals surface area contributed by atoms with Crippen LogP contribution in [0.25, 0.3) is 11.0 Å². The molecule has 1 aliphatic rings. The van der Waals surface area contributed by atoms with E-state index >= 15 is 0 Å². The molecule has 3 aromatic carbocycles. The van der Waals surface area contributed by atoms with E-state index in [2.05, 4.69) is 0 Å². The first kappa shape index (κ1) is 31.9. The summed E-state index contributed by atoms with van der Waals surface area (Å²) in [5.74, 6) is -2.71. The van der Waals surface area contributed by atoms with Gasteiger partial charge in [-0.05, 0) is 54.4 Å². The third-order valence-corrected chi connectivity index (χ3v) is 7.33. The summed E-state index contributed by atoms with van der Waals surface area (Å²) >= 11 is 0. The highest BCUT2D eigenvalue weighted by Crippen LogP contribution is 2.40. The van der Waals surface area contributed by atoms with Gasteiger partial charge in [0.25, 0.3) is 5.76 Å². The number of rotatable bonds is 10. The number of ether oxygens (including phenoxy) is 5. The maximum Gasteiger partial charge on any atom is 0.453 e. The van der Waals surface area contributed by atoms with Crippen molar-refractivity contribution in [1.82, 2.24) is 4.90 Å². The maximum absolute atomic E-state index is 14.4. The van der Waals surface area contributed by atoms with Crippen LogP contribution in [0, 0.1) is 0 Å². The molecular weight excluding hydrogens is 595 g/mol. The van der Waals surface area contributed by atoms with Crippen LogP contribution < -0.4 is 24.4 Å². The SMILES string of the molecule is CCCc1ccc(Oc2c(C(F)(F)F)oc3c(CN4CCOCC4)c(OC(=O)c4ccc(OC)c(OC)c4)ccc3c2=O)cc1. The molecule has 1 saturated heterocycles. The molecule has 1 aliphatic heterocycles. The molecule has 4 aromatic rings. The number of alkyl halides is 3. The summed E-state index contributed by atoms with van der Waals surface area (Å²) in [6, 6.07) is 13.5. The van der Waals surface area contributed by atoms with Crippen molar-refractivity contribution < 1.29 is 46.1 Å². The minimum atomic E-state index is -5.08. The molecule has 0 radical (unpaired) electrons. The molecule has 0 unspecified atom stereocenters. The summed E-state index contributed by atoms with van der Waals surface area (Å²) in [4.78, 5) is 28.8. The Morgan fingerprint density at radius 2 is 1.62 bits per heavy atom. The minimum Gasteiger partial charge on any atom is -0.493 e. The van der Waals surface area contributed by atoms with E-state index in [4.69, 9.17) is 28.1 Å². The second kappa shape index (κ2) is 13.6. The lowest BCUT2D eigenvalue weighted by molar-refractivity contribution is -0.154. The summed E-state index contributed by atoms with van der Waals surface area (Å²) in [6.45, 7) is 3.76. The van der Waals surface area contributed by atoms with Gasteiger partial charge in [0.15, 0.2) is 11.5 Å². The van der Waals surface area contributed by atoms with Gasteiger partial charge in [0.1, 0.15) is 17.1 Å². The fourth-order valence-electron chi connectivity index (χ4n) is 5.04. The molecule has 2 heterocycles. The third kappa shape index (κ3) is 7.07. The lowest BCUT2D eigenvalue weighted by atomic mass is 10.1. The lowest BCUT2D eigenvalue weighted by Gasteiger charge is -2.27. The Balaban J connectivity index is 1.61. The fraction of sp³-hybridized carbons (Fsp3) is 0.333. The van der Waals surface area contributed by atoms with E-state index < -0.39 is 29.1 Å². The first-order valence-corrected chi connectivity index (χ1v) is 14.3. The van der Waals surface area contributed by atoms with Crippen LogP contribution >= 0.6 is 0 Å². The van der Waals surface area contributed by atoms with Gasteiger partial charge in [-0.3, -0.25) is 9.69 Å². The second-order valence-electron chi connectivity index (χ2n) is 10.3. The lowest BCUT2D eigenvalue weighted by Crippen LogP contribution is -2.36. The van der Waals surface area contributed by atoms with Crippen molar-refractivity contribution in [2.45, 2.75) is 32.5 Å². The van der Waals surface area contributed by atoms with Crippen LogP contribution in [0.1, 0.15) is 40.6 Å². The number of carbonyl (C=O) groups excluding carboxylic acids is 1. The highest BCUT2D eigenvalue weighted by Gasteiger charge is 2.41. The molecular formula is C33H32F3NO8. The predicted octanol–water partition coefficient (Wildman–Crippen LogP) is 6.63. The summed E-state index contributed by atoms with van der Waals surface area (Å²) in [5.41, 5.74) is -0.184. The van der Waals surface area contributed by atoms with Crippen molar-refractivity contribution in [2.75, 3.05) is 40.5 Å². The zero-order valence-corrected chi connectivity index (χ0v) is 25.0. The molecule has 1 aromatic heterocycles. The molecule has 9 nitrogen and oxygen atoms in total. The van der Waals surface area contributed by atoms with Gasteiger partial charge in [-0.2, -0.15) is 13.2 Å². The first-order valence-electron chi connectivity index (χ1n) is 14.3. The van der Waals surface area contributed by atoms with E-state index in [9.17, 15) is 22.8 Å². The highest BCUT2D eigenvalue weighted by atomic mass is 19.4. The topological polar surface area (TPSA) is 96.7 Å². The summed E-state index contributed by atoms with van der Waals surface area (Å²) in [5, 5.41) is -0.158. The number of hydrogen-bond donors (Lipinski definition) is 0. The minimum absolute atomic E-state index is 0.0224. The molecule has 0 aliphatic carbocycles. The van der Waals surface area contributed by atoms with Gasteiger partial charge < -0.3 is 28.1 Å². The number of aryl methyl sites for hydroxylation is 1. The largest absolute Gasteiger partial charge is 0.493 e. The molecule has 0 amide bonds. The number of hydrogen-bond acceptors (Lipinski definition) is 9. The van der Waals surface area contributed by atoms with Crippen LogP contribution in [0.2, 0.25) is 0 Å². The zero-order valence-electron chi connectivity index (χ0n) is 25.0. The number of esters is 1. The average Bonchev–Trinajstić information content (AvgIpc) is 3.03. The molecule has 1 fully saturated rings. The second-order valence-corrected chi connectivity index (χ2v) is 10.3. The Labute approximate surface area is 257 Å². The Bertz CT molecular complexity index is 1730. The van der Waals surface area contributed by atoms with E-state index in [1.54, 1.807) is 12.1 Å². The molecule has 0 N–H and O–H groups in total. The monoisotopic (exact) mass is 627 g/mol. The van der Waals surface area contributed by atoms with Crippen LogP contribution in [0.15, 0.2) is 63.8 Å². The van der Waals surface area contributed by atoms with Gasteiger partial charge >= 0.3 is 12.1 Å². The van der Waals surface area contributed by atoms with E-state index in [-0.39, 0.29) is 45.9 Å². The van der Waals surface area contributed by atoms with Crippen LogP contribution in [0.4, 0.5) is 13.2 Å². The van der Waals surface area contributed by atoms with E-state index in [1.807, 2.05) is 11.8 Å². The van der Waals surface area contributed by atoms with Crippen LogP contribution in [-0.2, 0) is 23.9 Å². The highest BCUT2D eigenvalue weighted by molar-refractivity contribution is 5.93. The summed E-state index contributed by atoms with van der Waals surface area (Å²) < 4.78 is 75.9. The number of fused-ring (bicyclic) bond motifs is 1. The van der Waals surface area contributed by atoms with Crippen LogP contribution in [0.3, 0.4) is 0 Å². The molecule has 0 atom stereocenters. The number of carbonyl (C=O) groups is 1. The Morgan fingerprint density at radius 1 is 0.933 bits per heavy atom. The quantitative estimate of drug-likeness (QED) is 0.142. The van der Waals surface area contributed by atoms with Crippen molar-refractivity contribution in [3.05, 3.63) is 87.3 Å². The molecule has 0 spiro atoms. The fourth-order valence-corrected chi connectivity index (χ4v) is 5.04. The van der Waals surface area contributed by atoms with E-state index in [0.717, 1.165) is 18.4 Å². The maximum atomic E-state index is 14.4. The number of nitrogens with zero attached hydrogens (tertiary/aromatic N) is 1. The number of morpholine rings is 1. The van der Waals surface area contributed by atoms with Gasteiger partial charge in [-0.1, -0.05) is 25.5 Å². The molecule has 0 saturated carbocycles. The summed E-state index contributed by atoms with van der Waals surface area (Å²) in [6.07, 6.45) is -3.39. The standard InChI is InChI=1S/C33H32F3NO8/c1-4-5-20-6-9-22(10-7-20)43-30-28(38)23-11-13-25(44-32(39)21-8-12-26(40-2)27(18-21)41-3)24(19-37-14-16-42-17-15-37)29(23)45-31(30)33(34,35)36/h6-13,18H,4-5,14-17,19H2,1-3H3. The molecule has 12 heteroatoms. The van der Waals surface area contributed by atoms with Gasteiger partial charge in [-0.15, -0.1) is 0 Å². The molecule has 45 heavy (non-hydrogen) atoms. The normalized spacial score (nSPS) is 13.9. The van der Waals surface area contributed by atoms with Crippen molar-refractivity contribution in [3.63, 3.8) is 0 Å².